The van der Waals surface area contributed by atoms with E-state index < -0.39 is 17.4 Å². The Labute approximate surface area is 315 Å². The van der Waals surface area contributed by atoms with Gasteiger partial charge in [0.25, 0.3) is 0 Å². The van der Waals surface area contributed by atoms with Crippen LogP contribution in [0.4, 0.5) is 0 Å². The summed E-state index contributed by atoms with van der Waals surface area (Å²) in [6.45, 7) is 9.46. The summed E-state index contributed by atoms with van der Waals surface area (Å²) in [5, 5.41) is 5.22. The molecule has 2 aliphatic rings. The molecule has 0 spiro atoms. The van der Waals surface area contributed by atoms with Crippen LogP contribution in [0.1, 0.15) is 47.6 Å². The third-order valence-corrected chi connectivity index (χ3v) is 40.8. The van der Waals surface area contributed by atoms with Crippen LogP contribution in [0.3, 0.4) is 0 Å². The van der Waals surface area contributed by atoms with Gasteiger partial charge in [0.2, 0.25) is 0 Å². The summed E-state index contributed by atoms with van der Waals surface area (Å²) in [4.78, 5) is 0. The summed E-state index contributed by atoms with van der Waals surface area (Å²) < 4.78 is 3.62. The zero-order valence-electron chi connectivity index (χ0n) is 30.6. The van der Waals surface area contributed by atoms with Crippen LogP contribution in [0.15, 0.2) is 175 Å². The van der Waals surface area contributed by atoms with Crippen molar-refractivity contribution in [2.45, 2.75) is 28.0 Å². The Morgan fingerprint density at radius 1 is 0.415 bits per heavy atom. The number of aryl methyl sites for hydroxylation is 2. The third-order valence-electron chi connectivity index (χ3n) is 12.9. The van der Waals surface area contributed by atoms with Crippen LogP contribution in [0.25, 0.3) is 49.9 Å². The van der Waals surface area contributed by atoms with Crippen molar-refractivity contribution >= 4 is 41.0 Å². The molecule has 0 N–H and O–H groups in total. The van der Waals surface area contributed by atoms with E-state index in [0.717, 1.165) is 0 Å². The normalized spacial score (nSPS) is 15.3. The maximum atomic E-state index is 2.58. The molecule has 0 aromatic heterocycles. The monoisotopic (exact) mass is 772 g/mol. The first-order valence-electron chi connectivity index (χ1n) is 18.9. The predicted octanol–water partition coefficient (Wildman–Crippen LogP) is 11.4. The molecule has 10 rings (SSSR count). The van der Waals surface area contributed by atoms with Gasteiger partial charge < -0.3 is 0 Å². The zero-order valence-corrected chi connectivity index (χ0v) is 34.5. The Bertz CT molecular complexity index is 2790. The van der Waals surface area contributed by atoms with E-state index in [9.17, 15) is 0 Å². The molecule has 0 amide bonds. The number of hydrogen-bond acceptors (Lipinski definition) is 0. The van der Waals surface area contributed by atoms with Crippen molar-refractivity contribution in [3.8, 4) is 22.3 Å². The Hall–Kier alpha value is -4.88. The topological polar surface area (TPSA) is 0 Å². The van der Waals surface area contributed by atoms with Crippen molar-refractivity contribution in [2.24, 2.45) is 0 Å². The SMILES string of the molecule is CC1=Cc2c(-c3cc4ccccc4c4ccccc34)cccc2[CH]1[Zr](=[SiH2])([c]1ccccc1)([c]1ccccc1)[CH]1c2cc(C)ccc2-c2ccc(C)cc21. The van der Waals surface area contributed by atoms with Gasteiger partial charge in [-0.1, -0.05) is 0 Å². The van der Waals surface area contributed by atoms with Gasteiger partial charge in [0.1, 0.15) is 0 Å². The molecule has 0 aliphatic heterocycles. The van der Waals surface area contributed by atoms with Crippen molar-refractivity contribution in [3.63, 3.8) is 0 Å². The number of benzene rings is 8. The van der Waals surface area contributed by atoms with E-state index in [0.29, 0.717) is 0 Å². The molecule has 8 aromatic rings. The van der Waals surface area contributed by atoms with Gasteiger partial charge in [0.05, 0.1) is 0 Å². The molecule has 2 heteroatoms. The molecule has 0 saturated heterocycles. The van der Waals surface area contributed by atoms with Gasteiger partial charge >= 0.3 is 318 Å². The van der Waals surface area contributed by atoms with Crippen LogP contribution < -0.4 is 6.54 Å². The molecule has 1 atom stereocenters. The van der Waals surface area contributed by atoms with E-state index in [1.807, 2.05) is 0 Å². The van der Waals surface area contributed by atoms with E-state index >= 15 is 0 Å². The first-order valence-corrected chi connectivity index (χ1v) is 30.2. The Balaban J connectivity index is 1.35. The fourth-order valence-corrected chi connectivity index (χ4v) is 38.9. The van der Waals surface area contributed by atoms with Gasteiger partial charge in [0.15, 0.2) is 0 Å². The summed E-state index contributed by atoms with van der Waals surface area (Å²) in [7, 11) is 0. The molecule has 2 aliphatic carbocycles. The van der Waals surface area contributed by atoms with E-state index in [1.165, 1.54) is 82.8 Å². The molecule has 0 heterocycles. The van der Waals surface area contributed by atoms with E-state index in [-0.39, 0.29) is 7.25 Å². The van der Waals surface area contributed by atoms with Crippen LogP contribution in [0.2, 0.25) is 0 Å². The van der Waals surface area contributed by atoms with E-state index in [1.54, 1.807) is 6.54 Å². The Morgan fingerprint density at radius 2 is 0.962 bits per heavy atom. The van der Waals surface area contributed by atoms with Crippen molar-refractivity contribution in [1.29, 1.82) is 0 Å². The maximum absolute atomic E-state index is 4.80. The molecule has 254 valence electrons. The van der Waals surface area contributed by atoms with Crippen LogP contribution in [0.5, 0.6) is 0 Å². The molecule has 8 aromatic carbocycles. The van der Waals surface area contributed by atoms with Gasteiger partial charge in [-0.05, 0) is 0 Å². The van der Waals surface area contributed by atoms with Gasteiger partial charge in [-0.3, -0.25) is 0 Å². The van der Waals surface area contributed by atoms with E-state index in [4.69, 9.17) is 0 Å². The molecule has 53 heavy (non-hydrogen) atoms. The second-order valence-corrected chi connectivity index (χ2v) is 38.5. The number of hydrogen-bond donors (Lipinski definition) is 0. The Morgan fingerprint density at radius 3 is 1.58 bits per heavy atom. The summed E-state index contributed by atoms with van der Waals surface area (Å²) in [6, 6.07) is 65.6. The summed E-state index contributed by atoms with van der Waals surface area (Å²) in [5.74, 6) is 0. The van der Waals surface area contributed by atoms with Crippen LogP contribution >= 0.6 is 0 Å². The summed E-state index contributed by atoms with van der Waals surface area (Å²) >= 11 is -4.80. The Kier molecular flexibility index (Phi) is 7.46. The number of allylic oxidation sites excluding steroid dienone is 1. The van der Waals surface area contributed by atoms with Crippen molar-refractivity contribution in [2.75, 3.05) is 0 Å². The van der Waals surface area contributed by atoms with Crippen molar-refractivity contribution in [1.82, 2.24) is 0 Å². The van der Waals surface area contributed by atoms with Gasteiger partial charge in [0, 0.05) is 0 Å². The standard InChI is InChI=1S/C24H17.C15H13.2C6H5.H2Si.Zr/c1-16-13-17-8-6-12-22(23(17)14-16)24-15-18-7-2-3-9-19(18)20-10-4-5-11-21(20)24;1-10-3-5-14-12(7-10)9-13-8-11(2)4-6-15(13)14;2*1-2-4-6-5-3-1;;/h2-15H,1H3;3-9H,1-2H3;2*1-5H;1H2;. The molecule has 0 radical (unpaired) electrons. The summed E-state index contributed by atoms with van der Waals surface area (Å²) in [6.07, 6.45) is 2.58. The number of fused-ring (bicyclic) bond motifs is 7. The fourth-order valence-electron chi connectivity index (χ4n) is 10.8. The van der Waals surface area contributed by atoms with Crippen LogP contribution in [0, 0.1) is 13.8 Å². The quantitative estimate of drug-likeness (QED) is 0.121. The molecular formula is C51H42SiZr. The minimum atomic E-state index is -4.80. The average Bonchev–Trinajstić information content (AvgIpc) is 3.72. The molecular weight excluding hydrogens is 732 g/mol. The minimum absolute atomic E-state index is 0.256. The molecule has 1 unspecified atom stereocenters. The predicted molar refractivity (Wildman–Crippen MR) is 227 cm³/mol. The third kappa shape index (κ3) is 4.56. The van der Waals surface area contributed by atoms with Crippen LogP contribution in [-0.4, -0.2) is 6.88 Å². The second-order valence-electron chi connectivity index (χ2n) is 15.8. The second kappa shape index (κ2) is 12.1. The number of rotatable bonds is 5. The average molecular weight is 774 g/mol. The molecule has 0 saturated carbocycles. The van der Waals surface area contributed by atoms with Gasteiger partial charge in [-0.25, -0.2) is 0 Å². The van der Waals surface area contributed by atoms with E-state index in [2.05, 4.69) is 204 Å². The molecule has 0 nitrogen and oxygen atoms in total. The van der Waals surface area contributed by atoms with Crippen molar-refractivity contribution < 1.29 is 17.4 Å². The molecule has 0 bridgehead atoms. The van der Waals surface area contributed by atoms with Gasteiger partial charge in [-0.2, -0.15) is 0 Å². The fraction of sp³-hybridized carbons (Fsp3) is 0.0980. The first kappa shape index (κ1) is 32.7. The summed E-state index contributed by atoms with van der Waals surface area (Å²) in [5.41, 5.74) is 15.5. The zero-order chi connectivity index (χ0) is 35.9. The molecule has 0 fully saturated rings. The first-order chi connectivity index (χ1) is 25.9. The van der Waals surface area contributed by atoms with Gasteiger partial charge in [-0.15, -0.1) is 0 Å². The van der Waals surface area contributed by atoms with Crippen molar-refractivity contribution in [3.05, 3.63) is 209 Å². The van der Waals surface area contributed by atoms with Crippen LogP contribution in [-0.2, 0) is 17.4 Å².